The van der Waals surface area contributed by atoms with E-state index in [9.17, 15) is 24.3 Å². The van der Waals surface area contributed by atoms with Crippen LogP contribution in [-0.2, 0) is 33.5 Å². The van der Waals surface area contributed by atoms with Crippen molar-refractivity contribution in [2.75, 3.05) is 31.4 Å². The van der Waals surface area contributed by atoms with Crippen molar-refractivity contribution in [2.24, 2.45) is 0 Å². The van der Waals surface area contributed by atoms with Crippen molar-refractivity contribution in [2.45, 2.75) is 52.0 Å². The number of aryl methyl sites for hydroxylation is 2. The zero-order valence-corrected chi connectivity index (χ0v) is 25.6. The third kappa shape index (κ3) is 8.58. The number of hydrogen-bond donors (Lipinski definition) is 5. The van der Waals surface area contributed by atoms with E-state index in [0.29, 0.717) is 55.0 Å². The standard InChI is InChI=1S/C29H37ClN5O7P/c1-2-3-10-24-34-26-27(35(24)18-20-8-4-9-23(28(20)37)42-43(38,39)40)21-16-19(11-12-22(21)33-29(26)31)7-5-14-41-15-6-13-32-25(36)17-30/h4,8-9,11-12,16,37H,2-3,5-7,10,13-15,17-18H2,1H3,(H2,31,33)(H,32,36)(H2,38,39,40). The SMILES string of the molecule is CCCCc1nc2c(N)nc3ccc(CCCOCCCNC(=O)CCl)cc3c2n1Cc1cccc(OP(=O)(O)O)c1O. The molecular formula is C29H37ClN5O7P. The first kappa shape index (κ1) is 32.5. The van der Waals surface area contributed by atoms with Gasteiger partial charge in [-0.3, -0.25) is 14.6 Å². The number of hydrogen-bond acceptors (Lipinski definition) is 8. The molecule has 0 radical (unpaired) electrons. The zero-order chi connectivity index (χ0) is 31.0. The topological polar surface area (TPSA) is 182 Å². The molecule has 0 spiro atoms. The Hall–Kier alpha value is -3.41. The highest BCUT2D eigenvalue weighted by Crippen LogP contribution is 2.43. The molecule has 6 N–H and O–H groups in total. The number of anilines is 1. The van der Waals surface area contributed by atoms with Crippen LogP contribution in [0.5, 0.6) is 11.5 Å². The fourth-order valence-electron chi connectivity index (χ4n) is 4.85. The molecule has 2 heterocycles. The van der Waals surface area contributed by atoms with Crippen LogP contribution < -0.4 is 15.6 Å². The molecule has 4 aromatic rings. The Morgan fingerprint density at radius 1 is 1.12 bits per heavy atom. The van der Waals surface area contributed by atoms with Gasteiger partial charge in [0.05, 0.1) is 17.6 Å². The lowest BCUT2D eigenvalue weighted by Crippen LogP contribution is -2.26. The molecule has 2 aromatic carbocycles. The van der Waals surface area contributed by atoms with Gasteiger partial charge in [-0.2, -0.15) is 0 Å². The first-order valence-corrected chi connectivity index (χ1v) is 16.2. The number of benzene rings is 2. The number of pyridine rings is 1. The van der Waals surface area contributed by atoms with Crippen LogP contribution in [0.15, 0.2) is 36.4 Å². The summed E-state index contributed by atoms with van der Waals surface area (Å²) in [5, 5.41) is 14.4. The fraction of sp³-hybridized carbons (Fsp3) is 0.414. The van der Waals surface area contributed by atoms with Gasteiger partial charge in [-0.1, -0.05) is 31.5 Å². The van der Waals surface area contributed by atoms with Crippen LogP contribution in [0.1, 0.15) is 49.6 Å². The van der Waals surface area contributed by atoms with Gasteiger partial charge in [0, 0.05) is 37.1 Å². The maximum atomic E-state index is 11.4. The number of phenols is 1. The molecule has 0 saturated heterocycles. The maximum absolute atomic E-state index is 11.4. The summed E-state index contributed by atoms with van der Waals surface area (Å²) in [5.41, 5.74) is 9.89. The predicted molar refractivity (Wildman–Crippen MR) is 165 cm³/mol. The summed E-state index contributed by atoms with van der Waals surface area (Å²) in [6, 6.07) is 10.5. The summed E-state index contributed by atoms with van der Waals surface area (Å²) in [5.74, 6) is 0.154. The summed E-state index contributed by atoms with van der Waals surface area (Å²) in [7, 11) is -4.87. The Morgan fingerprint density at radius 3 is 2.65 bits per heavy atom. The second-order valence-corrected chi connectivity index (χ2v) is 11.6. The van der Waals surface area contributed by atoms with Crippen LogP contribution in [0.4, 0.5) is 5.82 Å². The van der Waals surface area contributed by atoms with Crippen molar-refractivity contribution in [3.63, 3.8) is 0 Å². The van der Waals surface area contributed by atoms with E-state index in [1.165, 1.54) is 6.07 Å². The number of alkyl halides is 1. The molecule has 4 rings (SSSR count). The second-order valence-electron chi connectivity index (χ2n) is 10.2. The van der Waals surface area contributed by atoms with Crippen molar-refractivity contribution >= 4 is 53.1 Å². The lowest BCUT2D eigenvalue weighted by atomic mass is 10.1. The van der Waals surface area contributed by atoms with Gasteiger partial charge in [-0.25, -0.2) is 14.5 Å². The number of nitrogens with two attached hydrogens (primary N) is 1. The number of nitrogens with zero attached hydrogens (tertiary/aromatic N) is 3. The molecule has 232 valence electrons. The average Bonchev–Trinajstić information content (AvgIpc) is 3.33. The highest BCUT2D eigenvalue weighted by molar-refractivity contribution is 7.46. The molecule has 0 saturated carbocycles. The second kappa shape index (κ2) is 14.9. The van der Waals surface area contributed by atoms with Gasteiger partial charge in [0.2, 0.25) is 5.91 Å². The zero-order valence-electron chi connectivity index (χ0n) is 24.0. The number of fused-ring (bicyclic) bond motifs is 3. The highest BCUT2D eigenvalue weighted by atomic mass is 35.5. The van der Waals surface area contributed by atoms with Crippen molar-refractivity contribution in [1.29, 1.82) is 0 Å². The number of ether oxygens (including phenoxy) is 1. The van der Waals surface area contributed by atoms with Crippen molar-refractivity contribution < 1.29 is 33.5 Å². The van der Waals surface area contributed by atoms with Crippen LogP contribution in [0.3, 0.4) is 0 Å². The number of rotatable bonds is 16. The van der Waals surface area contributed by atoms with E-state index < -0.39 is 7.82 Å². The van der Waals surface area contributed by atoms with Crippen molar-refractivity contribution in [1.82, 2.24) is 19.9 Å². The van der Waals surface area contributed by atoms with Gasteiger partial charge in [-0.05, 0) is 49.4 Å². The van der Waals surface area contributed by atoms with E-state index in [0.717, 1.165) is 48.0 Å². The summed E-state index contributed by atoms with van der Waals surface area (Å²) < 4.78 is 23.8. The number of amides is 1. The number of carbonyl (C=O) groups is 1. The van der Waals surface area contributed by atoms with Gasteiger partial charge in [-0.15, -0.1) is 11.6 Å². The van der Waals surface area contributed by atoms with Gasteiger partial charge < -0.3 is 30.0 Å². The molecule has 43 heavy (non-hydrogen) atoms. The Kier molecular flexibility index (Phi) is 11.2. The summed E-state index contributed by atoms with van der Waals surface area (Å²) in [4.78, 5) is 39.2. The number of carbonyl (C=O) groups excluding carboxylic acids is 1. The molecule has 0 fully saturated rings. The van der Waals surface area contributed by atoms with E-state index in [1.54, 1.807) is 12.1 Å². The molecule has 2 aromatic heterocycles. The molecule has 12 nitrogen and oxygen atoms in total. The number of halogens is 1. The summed E-state index contributed by atoms with van der Waals surface area (Å²) >= 11 is 5.47. The molecule has 0 unspecified atom stereocenters. The van der Waals surface area contributed by atoms with Crippen LogP contribution in [0, 0.1) is 0 Å². The number of phosphoric ester groups is 1. The monoisotopic (exact) mass is 633 g/mol. The Morgan fingerprint density at radius 2 is 1.91 bits per heavy atom. The first-order chi connectivity index (χ1) is 20.6. The molecule has 0 aliphatic heterocycles. The third-order valence-corrected chi connectivity index (χ3v) is 7.57. The lowest BCUT2D eigenvalue weighted by molar-refractivity contribution is -0.118. The number of phosphoric acid groups is 1. The Balaban J connectivity index is 1.61. The lowest BCUT2D eigenvalue weighted by Gasteiger charge is -2.15. The molecule has 0 aliphatic carbocycles. The minimum absolute atomic E-state index is 0.0497. The number of nitrogen functional groups attached to an aromatic ring is 1. The summed E-state index contributed by atoms with van der Waals surface area (Å²) in [6.07, 6.45) is 4.77. The van der Waals surface area contributed by atoms with Crippen LogP contribution in [0.25, 0.3) is 21.9 Å². The number of para-hydroxylation sites is 1. The molecule has 14 heteroatoms. The number of unbranched alkanes of at least 4 members (excludes halogenated alkanes) is 1. The number of aromatic hydroxyl groups is 1. The Labute approximate surface area is 254 Å². The van der Waals surface area contributed by atoms with Crippen molar-refractivity contribution in [3.05, 3.63) is 53.3 Å². The highest BCUT2D eigenvalue weighted by Gasteiger charge is 2.22. The van der Waals surface area contributed by atoms with Crippen LogP contribution >= 0.6 is 19.4 Å². The van der Waals surface area contributed by atoms with Crippen LogP contribution in [-0.4, -0.2) is 61.0 Å². The average molecular weight is 634 g/mol. The first-order valence-electron chi connectivity index (χ1n) is 14.1. The largest absolute Gasteiger partial charge is 0.524 e. The van der Waals surface area contributed by atoms with E-state index in [1.807, 2.05) is 16.7 Å². The van der Waals surface area contributed by atoms with E-state index in [2.05, 4.69) is 23.3 Å². The number of aromatic nitrogens is 3. The number of phenolic OH excluding ortho intramolecular Hbond substituents is 1. The van der Waals surface area contributed by atoms with Crippen LogP contribution in [0.2, 0.25) is 0 Å². The van der Waals surface area contributed by atoms with Gasteiger partial charge in [0.1, 0.15) is 17.2 Å². The normalized spacial score (nSPS) is 11.8. The van der Waals surface area contributed by atoms with E-state index >= 15 is 0 Å². The predicted octanol–water partition coefficient (Wildman–Crippen LogP) is 4.43. The minimum Gasteiger partial charge on any atom is -0.504 e. The number of nitrogens with one attached hydrogen (secondary N) is 1. The molecular weight excluding hydrogens is 597 g/mol. The van der Waals surface area contributed by atoms with E-state index in [-0.39, 0.29) is 29.8 Å². The fourth-order valence-corrected chi connectivity index (χ4v) is 5.35. The smallest absolute Gasteiger partial charge is 0.504 e. The third-order valence-electron chi connectivity index (χ3n) is 6.89. The molecule has 0 aliphatic rings. The molecule has 1 amide bonds. The molecule has 0 bridgehead atoms. The summed E-state index contributed by atoms with van der Waals surface area (Å²) in [6.45, 7) is 3.89. The Bertz CT molecular complexity index is 1620. The van der Waals surface area contributed by atoms with Gasteiger partial charge in [0.15, 0.2) is 17.3 Å². The maximum Gasteiger partial charge on any atom is 0.524 e. The van der Waals surface area contributed by atoms with Crippen molar-refractivity contribution in [3.8, 4) is 11.5 Å². The number of imidazole rings is 1. The van der Waals surface area contributed by atoms with Gasteiger partial charge in [0.25, 0.3) is 0 Å². The quantitative estimate of drug-likeness (QED) is 0.0672. The van der Waals surface area contributed by atoms with E-state index in [4.69, 9.17) is 31.6 Å². The van der Waals surface area contributed by atoms with Gasteiger partial charge >= 0.3 is 7.82 Å². The minimum atomic E-state index is -4.87. The molecule has 0 atom stereocenters.